The number of hydrogen-bond acceptors (Lipinski definition) is 3. The van der Waals surface area contributed by atoms with Crippen LogP contribution in [0.15, 0.2) is 47.0 Å². The van der Waals surface area contributed by atoms with E-state index in [2.05, 4.69) is 75.0 Å². The fourth-order valence-corrected chi connectivity index (χ4v) is 5.49. The molecule has 0 bridgehead atoms. The Morgan fingerprint density at radius 1 is 1.04 bits per heavy atom. The first-order valence-electron chi connectivity index (χ1n) is 10.0. The number of benzene rings is 1. The van der Waals surface area contributed by atoms with E-state index in [-0.39, 0.29) is 0 Å². The van der Waals surface area contributed by atoms with Crippen molar-refractivity contribution in [3.63, 3.8) is 0 Å². The molecule has 3 aromatic heterocycles. The summed E-state index contributed by atoms with van der Waals surface area (Å²) in [7, 11) is -1.45. The molecule has 0 saturated carbocycles. The second-order valence-electron chi connectivity index (χ2n) is 9.16. The van der Waals surface area contributed by atoms with Gasteiger partial charge in [-0.05, 0) is 54.3 Å². The van der Waals surface area contributed by atoms with Crippen molar-refractivity contribution < 1.29 is 4.42 Å². The highest BCUT2D eigenvalue weighted by molar-refractivity contribution is 6.89. The molecule has 0 atom stereocenters. The smallest absolute Gasteiger partial charge is 0.227 e. The Kier molecular flexibility index (Phi) is 4.62. The molecule has 4 heteroatoms. The molecule has 0 spiro atoms. The Morgan fingerprint density at radius 2 is 1.82 bits per heavy atom. The van der Waals surface area contributed by atoms with Gasteiger partial charge in [-0.2, -0.15) is 0 Å². The zero-order valence-corrected chi connectivity index (χ0v) is 18.6. The number of rotatable bonds is 4. The number of pyridine rings is 2. The second-order valence-corrected chi connectivity index (χ2v) is 14.2. The van der Waals surface area contributed by atoms with Crippen LogP contribution in [0.5, 0.6) is 0 Å². The van der Waals surface area contributed by atoms with E-state index in [4.69, 9.17) is 9.40 Å². The predicted octanol–water partition coefficient (Wildman–Crippen LogP) is 6.10. The van der Waals surface area contributed by atoms with Gasteiger partial charge < -0.3 is 4.42 Å². The molecule has 0 aliphatic rings. The summed E-state index contributed by atoms with van der Waals surface area (Å²) < 4.78 is 6.19. The minimum Gasteiger partial charge on any atom is -0.437 e. The van der Waals surface area contributed by atoms with Gasteiger partial charge in [-0.3, -0.25) is 4.98 Å². The Hall–Kier alpha value is -2.46. The van der Waals surface area contributed by atoms with Crippen molar-refractivity contribution in [3.05, 3.63) is 53.9 Å². The maximum atomic E-state index is 6.19. The molecule has 0 N–H and O–H groups in total. The van der Waals surface area contributed by atoms with Gasteiger partial charge in [0.15, 0.2) is 0 Å². The van der Waals surface area contributed by atoms with Crippen LogP contribution >= 0.6 is 0 Å². The van der Waals surface area contributed by atoms with Crippen molar-refractivity contribution in [2.45, 2.75) is 46.8 Å². The molecule has 144 valence electrons. The molecule has 0 aliphatic carbocycles. The van der Waals surface area contributed by atoms with Gasteiger partial charge in [0.25, 0.3) is 0 Å². The van der Waals surface area contributed by atoms with Crippen molar-refractivity contribution in [1.82, 2.24) is 9.97 Å². The van der Waals surface area contributed by atoms with Crippen LogP contribution in [-0.4, -0.2) is 18.0 Å². The molecule has 3 heterocycles. The van der Waals surface area contributed by atoms with Crippen LogP contribution < -0.4 is 5.19 Å². The summed E-state index contributed by atoms with van der Waals surface area (Å²) in [5, 5.41) is 3.61. The van der Waals surface area contributed by atoms with Crippen LogP contribution in [0, 0.1) is 12.8 Å². The largest absolute Gasteiger partial charge is 0.437 e. The highest BCUT2D eigenvalue weighted by Gasteiger charge is 2.22. The molecule has 3 nitrogen and oxygen atoms in total. The SMILES string of the molecule is Cc1ccc2c(n1)oc1c(-c3cc(CC(C)C)c([Si](C)(C)C)cn3)cccc12. The van der Waals surface area contributed by atoms with Crippen molar-refractivity contribution >= 4 is 35.3 Å². The third-order valence-corrected chi connectivity index (χ3v) is 7.27. The summed E-state index contributed by atoms with van der Waals surface area (Å²) in [6, 6.07) is 12.7. The van der Waals surface area contributed by atoms with E-state index in [1.807, 2.05) is 13.0 Å². The van der Waals surface area contributed by atoms with Crippen molar-refractivity contribution in [2.24, 2.45) is 5.92 Å². The van der Waals surface area contributed by atoms with E-state index in [1.54, 1.807) is 0 Å². The summed E-state index contributed by atoms with van der Waals surface area (Å²) in [4.78, 5) is 9.44. The molecule has 0 saturated heterocycles. The fraction of sp³-hybridized carbons (Fsp3) is 0.333. The van der Waals surface area contributed by atoms with E-state index >= 15 is 0 Å². The summed E-state index contributed by atoms with van der Waals surface area (Å²) >= 11 is 0. The highest BCUT2D eigenvalue weighted by atomic mass is 28.3. The average molecular weight is 389 g/mol. The summed E-state index contributed by atoms with van der Waals surface area (Å²) in [6.07, 6.45) is 3.19. The molecular weight excluding hydrogens is 360 g/mol. The third-order valence-electron chi connectivity index (χ3n) is 5.21. The Bertz CT molecular complexity index is 1170. The Balaban J connectivity index is 1.93. The van der Waals surface area contributed by atoms with Gasteiger partial charge in [-0.25, -0.2) is 4.98 Å². The molecule has 4 aromatic rings. The first-order chi connectivity index (χ1) is 13.2. The number of aromatic nitrogens is 2. The second kappa shape index (κ2) is 6.85. The lowest BCUT2D eigenvalue weighted by Crippen LogP contribution is -2.40. The van der Waals surface area contributed by atoms with Gasteiger partial charge in [0.05, 0.1) is 13.8 Å². The lowest BCUT2D eigenvalue weighted by molar-refractivity contribution is 0.648. The number of para-hydroxylation sites is 1. The van der Waals surface area contributed by atoms with Gasteiger partial charge in [0.1, 0.15) is 5.58 Å². The Labute approximate surface area is 167 Å². The maximum absolute atomic E-state index is 6.19. The van der Waals surface area contributed by atoms with Crippen molar-refractivity contribution in [3.8, 4) is 11.3 Å². The lowest BCUT2D eigenvalue weighted by Gasteiger charge is -2.22. The molecule has 0 unspecified atom stereocenters. The van der Waals surface area contributed by atoms with Crippen LogP contribution in [0.25, 0.3) is 33.3 Å². The van der Waals surface area contributed by atoms with Crippen LogP contribution in [0.2, 0.25) is 19.6 Å². The quantitative estimate of drug-likeness (QED) is 0.397. The maximum Gasteiger partial charge on any atom is 0.227 e. The summed E-state index contributed by atoms with van der Waals surface area (Å²) in [6.45, 7) is 13.7. The van der Waals surface area contributed by atoms with E-state index in [0.717, 1.165) is 39.7 Å². The molecule has 0 aliphatic heterocycles. The summed E-state index contributed by atoms with van der Waals surface area (Å²) in [5.74, 6) is 0.611. The number of hydrogen-bond donors (Lipinski definition) is 0. The fourth-order valence-electron chi connectivity index (χ4n) is 3.90. The molecular formula is C24H28N2OSi. The van der Waals surface area contributed by atoms with E-state index in [1.165, 1.54) is 10.8 Å². The van der Waals surface area contributed by atoms with Crippen molar-refractivity contribution in [1.29, 1.82) is 0 Å². The van der Waals surface area contributed by atoms with Crippen LogP contribution in [0.3, 0.4) is 0 Å². The van der Waals surface area contributed by atoms with Gasteiger partial charge in [-0.15, -0.1) is 0 Å². The zero-order chi connectivity index (χ0) is 20.1. The normalized spacial score (nSPS) is 12.4. The van der Waals surface area contributed by atoms with E-state index < -0.39 is 8.07 Å². The summed E-state index contributed by atoms with van der Waals surface area (Å²) in [5.41, 5.74) is 5.99. The van der Waals surface area contributed by atoms with Crippen LogP contribution in [0.1, 0.15) is 25.1 Å². The standard InChI is InChI=1S/C24H28N2OSi/c1-15(2)12-17-13-21(25-14-22(17)28(4,5)6)20-9-7-8-18-19-11-10-16(3)26-24(19)27-23(18)20/h7-11,13-15H,12H2,1-6H3. The van der Waals surface area contributed by atoms with Crippen LogP contribution in [0.4, 0.5) is 0 Å². The average Bonchev–Trinajstić information content (AvgIpc) is 2.97. The molecule has 0 radical (unpaired) electrons. The molecule has 0 fully saturated rings. The minimum absolute atomic E-state index is 0.611. The van der Waals surface area contributed by atoms with E-state index in [0.29, 0.717) is 11.6 Å². The number of nitrogens with zero attached hydrogens (tertiary/aromatic N) is 2. The molecule has 0 amide bonds. The Morgan fingerprint density at radius 3 is 2.54 bits per heavy atom. The number of aryl methyl sites for hydroxylation is 1. The highest BCUT2D eigenvalue weighted by Crippen LogP contribution is 2.34. The molecule has 4 rings (SSSR count). The van der Waals surface area contributed by atoms with Gasteiger partial charge in [0.2, 0.25) is 5.71 Å². The van der Waals surface area contributed by atoms with Gasteiger partial charge in [-0.1, -0.05) is 45.6 Å². The number of furan rings is 1. The van der Waals surface area contributed by atoms with Crippen molar-refractivity contribution in [2.75, 3.05) is 0 Å². The molecule has 28 heavy (non-hydrogen) atoms. The topological polar surface area (TPSA) is 38.9 Å². The molecule has 1 aromatic carbocycles. The van der Waals surface area contributed by atoms with E-state index in [9.17, 15) is 0 Å². The minimum atomic E-state index is -1.45. The first kappa shape index (κ1) is 18.9. The lowest BCUT2D eigenvalue weighted by atomic mass is 10.0. The third kappa shape index (κ3) is 3.37. The first-order valence-corrected chi connectivity index (χ1v) is 13.5. The monoisotopic (exact) mass is 388 g/mol. The predicted molar refractivity (Wildman–Crippen MR) is 121 cm³/mol. The van der Waals surface area contributed by atoms with Gasteiger partial charge in [0, 0.05) is 28.2 Å². The number of fused-ring (bicyclic) bond motifs is 3. The van der Waals surface area contributed by atoms with Crippen LogP contribution in [-0.2, 0) is 6.42 Å². The van der Waals surface area contributed by atoms with Gasteiger partial charge >= 0.3 is 0 Å². The zero-order valence-electron chi connectivity index (χ0n) is 17.6.